The van der Waals surface area contributed by atoms with Gasteiger partial charge in [-0.05, 0) is 45.8 Å². The minimum Gasteiger partial charge on any atom is -0.399 e. The Labute approximate surface area is 126 Å². The third-order valence-electron chi connectivity index (χ3n) is 2.52. The Morgan fingerprint density at radius 1 is 1.32 bits per heavy atom. The lowest BCUT2D eigenvalue weighted by molar-refractivity contribution is 0.619. The van der Waals surface area contributed by atoms with Crippen LogP contribution >= 0.6 is 27.5 Å². The van der Waals surface area contributed by atoms with Gasteiger partial charge < -0.3 is 5.73 Å². The number of hydrogen-bond acceptors (Lipinski definition) is 2. The average molecular weight is 363 g/mol. The van der Waals surface area contributed by atoms with E-state index in [1.165, 1.54) is 6.07 Å². The van der Waals surface area contributed by atoms with E-state index in [1.807, 2.05) is 0 Å². The van der Waals surface area contributed by atoms with Gasteiger partial charge in [0, 0.05) is 5.69 Å². The van der Waals surface area contributed by atoms with Crippen molar-refractivity contribution in [3.8, 4) is 0 Å². The molecule has 0 aliphatic rings. The summed E-state index contributed by atoms with van der Waals surface area (Å²) in [4.78, 5) is 0.493. The molecule has 6 heteroatoms. The van der Waals surface area contributed by atoms with Crippen LogP contribution in [-0.2, 0) is 16.6 Å². The first-order valence-electron chi connectivity index (χ1n) is 5.35. The van der Waals surface area contributed by atoms with Gasteiger partial charge in [0.2, 0.25) is 0 Å². The first-order chi connectivity index (χ1) is 8.99. The number of hydrogen-bond donors (Lipinski definition) is 1. The van der Waals surface area contributed by atoms with Crippen molar-refractivity contribution in [3.05, 3.63) is 57.3 Å². The molecule has 2 N–H and O–H groups in total. The van der Waals surface area contributed by atoms with Crippen LogP contribution in [0.5, 0.6) is 0 Å². The second-order valence-corrected chi connectivity index (χ2v) is 6.51. The zero-order chi connectivity index (χ0) is 14.0. The van der Waals surface area contributed by atoms with E-state index in [0.29, 0.717) is 25.6 Å². The Morgan fingerprint density at radius 2 is 2.05 bits per heavy atom. The molecule has 0 amide bonds. The fourth-order valence-corrected chi connectivity index (χ4v) is 3.79. The number of halogens is 3. The monoisotopic (exact) mass is 361 g/mol. The molecular formula is C13H10BrClFNOS. The van der Waals surface area contributed by atoms with Crippen molar-refractivity contribution in [2.75, 3.05) is 5.73 Å². The molecule has 0 fully saturated rings. The lowest BCUT2D eigenvalue weighted by Gasteiger charge is -2.07. The van der Waals surface area contributed by atoms with Gasteiger partial charge in [0.05, 0.1) is 30.9 Å². The van der Waals surface area contributed by atoms with E-state index in [4.69, 9.17) is 17.3 Å². The van der Waals surface area contributed by atoms with Gasteiger partial charge in [-0.15, -0.1) is 0 Å². The summed E-state index contributed by atoms with van der Waals surface area (Å²) < 4.78 is 26.0. The van der Waals surface area contributed by atoms with Crippen LogP contribution in [0, 0.1) is 5.82 Å². The summed E-state index contributed by atoms with van der Waals surface area (Å²) in [7, 11) is -1.36. The van der Waals surface area contributed by atoms with E-state index in [-0.39, 0.29) is 11.6 Å². The van der Waals surface area contributed by atoms with Gasteiger partial charge in [-0.3, -0.25) is 4.21 Å². The molecule has 0 bridgehead atoms. The fourth-order valence-electron chi connectivity index (χ4n) is 1.58. The molecule has 0 aliphatic heterocycles. The van der Waals surface area contributed by atoms with Crippen molar-refractivity contribution >= 4 is 44.0 Å². The minimum atomic E-state index is -1.36. The molecule has 0 spiro atoms. The Kier molecular flexibility index (Phi) is 4.60. The zero-order valence-corrected chi connectivity index (χ0v) is 12.9. The van der Waals surface area contributed by atoms with Crippen LogP contribution in [0.2, 0.25) is 5.02 Å². The second kappa shape index (κ2) is 6.03. The van der Waals surface area contributed by atoms with Crippen molar-refractivity contribution in [2.24, 2.45) is 0 Å². The Hall–Kier alpha value is -0.910. The maximum absolute atomic E-state index is 13.4. The van der Waals surface area contributed by atoms with Gasteiger partial charge in [0.1, 0.15) is 5.82 Å². The summed E-state index contributed by atoms with van der Waals surface area (Å²) in [5.74, 6) is -0.194. The van der Waals surface area contributed by atoms with E-state index in [2.05, 4.69) is 15.9 Å². The third kappa shape index (κ3) is 3.35. The summed E-state index contributed by atoms with van der Waals surface area (Å²) >= 11 is 9.15. The lowest BCUT2D eigenvalue weighted by Crippen LogP contribution is -2.00. The number of nitrogens with two attached hydrogens (primary N) is 1. The Bertz CT molecular complexity index is 651. The third-order valence-corrected chi connectivity index (χ3v) is 5.25. The highest BCUT2D eigenvalue weighted by atomic mass is 79.9. The quantitative estimate of drug-likeness (QED) is 0.834. The molecule has 19 heavy (non-hydrogen) atoms. The van der Waals surface area contributed by atoms with Gasteiger partial charge in [-0.25, -0.2) is 4.39 Å². The smallest absolute Gasteiger partial charge is 0.137 e. The molecule has 1 unspecified atom stereocenters. The van der Waals surface area contributed by atoms with Crippen molar-refractivity contribution < 1.29 is 8.60 Å². The van der Waals surface area contributed by atoms with Crippen LogP contribution in [0.4, 0.5) is 10.1 Å². The molecule has 0 radical (unpaired) electrons. The average Bonchev–Trinajstić information content (AvgIpc) is 2.34. The number of anilines is 1. The van der Waals surface area contributed by atoms with Gasteiger partial charge in [0.15, 0.2) is 0 Å². The number of benzene rings is 2. The SMILES string of the molecule is Nc1ccc(S(=O)Cc2cccc(F)c2Br)c(Cl)c1. The van der Waals surface area contributed by atoms with Gasteiger partial charge >= 0.3 is 0 Å². The summed E-state index contributed by atoms with van der Waals surface area (Å²) in [6.45, 7) is 0. The number of nitrogen functional groups attached to an aromatic ring is 1. The highest BCUT2D eigenvalue weighted by Gasteiger charge is 2.13. The van der Waals surface area contributed by atoms with Gasteiger partial charge in [0.25, 0.3) is 0 Å². The van der Waals surface area contributed by atoms with Crippen molar-refractivity contribution in [1.82, 2.24) is 0 Å². The molecule has 2 rings (SSSR count). The maximum atomic E-state index is 13.4. The van der Waals surface area contributed by atoms with Crippen molar-refractivity contribution in [1.29, 1.82) is 0 Å². The van der Waals surface area contributed by atoms with Gasteiger partial charge in [-0.2, -0.15) is 0 Å². The normalized spacial score (nSPS) is 12.4. The maximum Gasteiger partial charge on any atom is 0.137 e. The van der Waals surface area contributed by atoms with Gasteiger partial charge in [-0.1, -0.05) is 23.7 Å². The molecule has 2 aromatic rings. The molecular weight excluding hydrogens is 353 g/mol. The molecule has 0 saturated heterocycles. The summed E-state index contributed by atoms with van der Waals surface area (Å²) in [6.07, 6.45) is 0. The molecule has 1 atom stereocenters. The fraction of sp³-hybridized carbons (Fsp3) is 0.0769. The standard InChI is InChI=1S/C13H10BrClFNOS/c14-13-8(2-1-3-11(13)16)7-19(18)12-5-4-9(17)6-10(12)15/h1-6H,7,17H2. The first-order valence-corrected chi connectivity index (χ1v) is 7.84. The predicted octanol–water partition coefficient (Wildman–Crippen LogP) is 4.13. The summed E-state index contributed by atoms with van der Waals surface area (Å²) in [5, 5.41) is 0.353. The Balaban J connectivity index is 2.28. The van der Waals surface area contributed by atoms with E-state index in [9.17, 15) is 8.60 Å². The van der Waals surface area contributed by atoms with E-state index in [0.717, 1.165) is 0 Å². The zero-order valence-electron chi connectivity index (χ0n) is 9.70. The molecule has 2 nitrogen and oxygen atoms in total. The van der Waals surface area contributed by atoms with E-state index in [1.54, 1.807) is 30.3 Å². The highest BCUT2D eigenvalue weighted by molar-refractivity contribution is 9.10. The van der Waals surface area contributed by atoms with Crippen LogP contribution in [0.3, 0.4) is 0 Å². The molecule has 0 heterocycles. The summed E-state index contributed by atoms with van der Waals surface area (Å²) in [6, 6.07) is 9.45. The largest absolute Gasteiger partial charge is 0.399 e. The molecule has 100 valence electrons. The topological polar surface area (TPSA) is 43.1 Å². The van der Waals surface area contributed by atoms with Crippen molar-refractivity contribution in [2.45, 2.75) is 10.6 Å². The second-order valence-electron chi connectivity index (χ2n) is 3.89. The summed E-state index contributed by atoms with van der Waals surface area (Å²) in [5.41, 5.74) is 6.73. The molecule has 0 aliphatic carbocycles. The molecule has 2 aromatic carbocycles. The van der Waals surface area contributed by atoms with E-state index >= 15 is 0 Å². The first kappa shape index (κ1) is 14.5. The Morgan fingerprint density at radius 3 is 2.74 bits per heavy atom. The lowest BCUT2D eigenvalue weighted by atomic mass is 10.2. The van der Waals surface area contributed by atoms with Crippen LogP contribution in [0.15, 0.2) is 45.8 Å². The van der Waals surface area contributed by atoms with Crippen LogP contribution < -0.4 is 5.73 Å². The van der Waals surface area contributed by atoms with Crippen LogP contribution in [0.1, 0.15) is 5.56 Å². The molecule has 0 aromatic heterocycles. The molecule has 0 saturated carbocycles. The highest BCUT2D eigenvalue weighted by Crippen LogP contribution is 2.27. The van der Waals surface area contributed by atoms with Crippen molar-refractivity contribution in [3.63, 3.8) is 0 Å². The van der Waals surface area contributed by atoms with Crippen LogP contribution in [-0.4, -0.2) is 4.21 Å². The van der Waals surface area contributed by atoms with Crippen LogP contribution in [0.25, 0.3) is 0 Å². The minimum absolute atomic E-state index is 0.183. The predicted molar refractivity (Wildman–Crippen MR) is 80.1 cm³/mol. The van der Waals surface area contributed by atoms with E-state index < -0.39 is 10.8 Å². The number of rotatable bonds is 3.